The predicted octanol–water partition coefficient (Wildman–Crippen LogP) is 4.34. The summed E-state index contributed by atoms with van der Waals surface area (Å²) in [7, 11) is 0. The molecular formula is C13H7BrClF2NO2. The Kier molecular flexibility index (Phi) is 4.25. The average molecular weight is 363 g/mol. The van der Waals surface area contributed by atoms with Gasteiger partial charge in [-0.3, -0.25) is 4.79 Å². The molecule has 7 heteroatoms. The molecule has 0 aromatic heterocycles. The monoisotopic (exact) mass is 361 g/mol. The number of hydrogen-bond donors (Lipinski definition) is 2. The lowest BCUT2D eigenvalue weighted by Crippen LogP contribution is -2.14. The van der Waals surface area contributed by atoms with Gasteiger partial charge in [-0.25, -0.2) is 8.78 Å². The molecular weight excluding hydrogens is 356 g/mol. The van der Waals surface area contributed by atoms with E-state index in [2.05, 4.69) is 21.2 Å². The van der Waals surface area contributed by atoms with Gasteiger partial charge in [0.15, 0.2) is 11.6 Å². The number of carbonyl (C=O) groups excluding carboxylic acids is 1. The van der Waals surface area contributed by atoms with Gasteiger partial charge >= 0.3 is 0 Å². The number of phenols is 1. The number of benzene rings is 2. The molecule has 2 aromatic rings. The van der Waals surface area contributed by atoms with Gasteiger partial charge in [-0.2, -0.15) is 0 Å². The second kappa shape index (κ2) is 5.76. The molecule has 0 aliphatic heterocycles. The molecule has 0 unspecified atom stereocenters. The Morgan fingerprint density at radius 1 is 1.20 bits per heavy atom. The summed E-state index contributed by atoms with van der Waals surface area (Å²) in [5.41, 5.74) is -0.489. The molecule has 0 atom stereocenters. The summed E-state index contributed by atoms with van der Waals surface area (Å²) in [4.78, 5) is 11.9. The van der Waals surface area contributed by atoms with Crippen LogP contribution in [0.15, 0.2) is 34.8 Å². The van der Waals surface area contributed by atoms with Gasteiger partial charge in [-0.1, -0.05) is 27.5 Å². The van der Waals surface area contributed by atoms with Crippen LogP contribution >= 0.6 is 27.5 Å². The number of carbonyl (C=O) groups is 1. The van der Waals surface area contributed by atoms with Gasteiger partial charge < -0.3 is 10.4 Å². The Morgan fingerprint density at radius 2 is 1.80 bits per heavy atom. The molecule has 2 rings (SSSR count). The van der Waals surface area contributed by atoms with Gasteiger partial charge in [0.1, 0.15) is 11.4 Å². The van der Waals surface area contributed by atoms with Crippen LogP contribution in [0, 0.1) is 11.6 Å². The smallest absolute Gasteiger partial charge is 0.255 e. The molecule has 0 radical (unpaired) electrons. The van der Waals surface area contributed by atoms with Crippen molar-refractivity contribution >= 4 is 39.1 Å². The van der Waals surface area contributed by atoms with Crippen LogP contribution in [-0.4, -0.2) is 11.0 Å². The maximum atomic E-state index is 13.6. The number of aromatic hydroxyl groups is 1. The van der Waals surface area contributed by atoms with E-state index in [1.54, 1.807) is 0 Å². The zero-order valence-corrected chi connectivity index (χ0v) is 12.1. The third kappa shape index (κ3) is 3.08. The van der Waals surface area contributed by atoms with Crippen molar-refractivity contribution in [2.45, 2.75) is 0 Å². The van der Waals surface area contributed by atoms with Gasteiger partial charge in [0.25, 0.3) is 5.91 Å². The van der Waals surface area contributed by atoms with Crippen molar-refractivity contribution in [1.29, 1.82) is 0 Å². The van der Waals surface area contributed by atoms with Crippen LogP contribution in [0.2, 0.25) is 5.02 Å². The minimum Gasteiger partial charge on any atom is -0.506 e. The van der Waals surface area contributed by atoms with Gasteiger partial charge in [-0.05, 0) is 30.3 Å². The third-order valence-electron chi connectivity index (χ3n) is 2.46. The van der Waals surface area contributed by atoms with Crippen LogP contribution < -0.4 is 5.32 Å². The van der Waals surface area contributed by atoms with E-state index in [-0.39, 0.29) is 20.8 Å². The molecule has 0 aliphatic carbocycles. The van der Waals surface area contributed by atoms with Crippen molar-refractivity contribution < 1.29 is 18.7 Å². The lowest BCUT2D eigenvalue weighted by molar-refractivity contribution is 0.102. The summed E-state index contributed by atoms with van der Waals surface area (Å²) >= 11 is 8.60. The third-order valence-corrected chi connectivity index (χ3v) is 3.22. The van der Waals surface area contributed by atoms with E-state index in [1.165, 1.54) is 18.2 Å². The number of amides is 1. The molecule has 0 aliphatic rings. The van der Waals surface area contributed by atoms with Gasteiger partial charge in [0, 0.05) is 10.0 Å². The average Bonchev–Trinajstić information content (AvgIpc) is 2.36. The van der Waals surface area contributed by atoms with Crippen molar-refractivity contribution in [1.82, 2.24) is 0 Å². The Labute approximate surface area is 126 Å². The molecule has 0 saturated heterocycles. The standard InChI is InChI=1S/C13H7BrClF2NO2/c14-7-4-9(16)12(10(17)5-7)18-13(20)6-1-2-11(19)8(15)3-6/h1-5,19H,(H,18,20). The Morgan fingerprint density at radius 3 is 2.35 bits per heavy atom. The normalized spacial score (nSPS) is 10.4. The molecule has 20 heavy (non-hydrogen) atoms. The van der Waals surface area contributed by atoms with Gasteiger partial charge in [0.2, 0.25) is 0 Å². The SMILES string of the molecule is O=C(Nc1c(F)cc(Br)cc1F)c1ccc(O)c(Cl)c1. The zero-order chi connectivity index (χ0) is 14.9. The molecule has 0 bridgehead atoms. The highest BCUT2D eigenvalue weighted by Gasteiger charge is 2.15. The van der Waals surface area contributed by atoms with Crippen molar-refractivity contribution in [2.75, 3.05) is 5.32 Å². The second-order valence-corrected chi connectivity index (χ2v) is 5.19. The number of halogens is 4. The van der Waals surface area contributed by atoms with Crippen molar-refractivity contribution in [2.24, 2.45) is 0 Å². The fraction of sp³-hybridized carbons (Fsp3) is 0. The van der Waals surface area contributed by atoms with Crippen LogP contribution in [0.1, 0.15) is 10.4 Å². The molecule has 0 spiro atoms. The molecule has 3 nitrogen and oxygen atoms in total. The molecule has 0 heterocycles. The lowest BCUT2D eigenvalue weighted by atomic mass is 10.2. The van der Waals surface area contributed by atoms with E-state index in [0.717, 1.165) is 12.1 Å². The quantitative estimate of drug-likeness (QED) is 0.835. The summed E-state index contributed by atoms with van der Waals surface area (Å²) in [5.74, 6) is -2.75. The molecule has 1 amide bonds. The second-order valence-electron chi connectivity index (χ2n) is 3.86. The zero-order valence-electron chi connectivity index (χ0n) is 9.75. The van der Waals surface area contributed by atoms with Gasteiger partial charge in [0.05, 0.1) is 5.02 Å². The summed E-state index contributed by atoms with van der Waals surface area (Å²) < 4.78 is 27.4. The summed E-state index contributed by atoms with van der Waals surface area (Å²) in [6.45, 7) is 0. The van der Waals surface area contributed by atoms with Crippen LogP contribution in [0.4, 0.5) is 14.5 Å². The van der Waals surface area contributed by atoms with E-state index < -0.39 is 23.2 Å². The minimum atomic E-state index is -0.907. The number of hydrogen-bond acceptors (Lipinski definition) is 2. The number of rotatable bonds is 2. The highest BCUT2D eigenvalue weighted by atomic mass is 79.9. The van der Waals surface area contributed by atoms with E-state index >= 15 is 0 Å². The van der Waals surface area contributed by atoms with Crippen LogP contribution in [0.25, 0.3) is 0 Å². The molecule has 2 aromatic carbocycles. The first kappa shape index (κ1) is 14.7. The van der Waals surface area contributed by atoms with Gasteiger partial charge in [-0.15, -0.1) is 0 Å². The first-order valence-electron chi connectivity index (χ1n) is 5.33. The molecule has 2 N–H and O–H groups in total. The first-order chi connectivity index (χ1) is 9.38. The highest BCUT2D eigenvalue weighted by Crippen LogP contribution is 2.26. The van der Waals surface area contributed by atoms with E-state index in [0.29, 0.717) is 0 Å². The molecule has 0 fully saturated rings. The maximum Gasteiger partial charge on any atom is 0.255 e. The van der Waals surface area contributed by atoms with E-state index in [1.807, 2.05) is 0 Å². The number of anilines is 1. The summed E-state index contributed by atoms with van der Waals surface area (Å²) in [5, 5.41) is 11.3. The fourth-order valence-corrected chi connectivity index (χ4v) is 2.08. The topological polar surface area (TPSA) is 49.3 Å². The molecule has 0 saturated carbocycles. The first-order valence-corrected chi connectivity index (χ1v) is 6.50. The summed E-state index contributed by atoms with van der Waals surface area (Å²) in [6, 6.07) is 5.75. The predicted molar refractivity (Wildman–Crippen MR) is 75.1 cm³/mol. The van der Waals surface area contributed by atoms with Crippen LogP contribution in [-0.2, 0) is 0 Å². The Bertz CT molecular complexity index is 671. The largest absolute Gasteiger partial charge is 0.506 e. The van der Waals surface area contributed by atoms with E-state index in [9.17, 15) is 18.7 Å². The van der Waals surface area contributed by atoms with Crippen LogP contribution in [0.5, 0.6) is 5.75 Å². The van der Waals surface area contributed by atoms with Crippen LogP contribution in [0.3, 0.4) is 0 Å². The summed E-state index contributed by atoms with van der Waals surface area (Å²) in [6.07, 6.45) is 0. The fourth-order valence-electron chi connectivity index (χ4n) is 1.50. The number of nitrogens with one attached hydrogen (secondary N) is 1. The maximum absolute atomic E-state index is 13.6. The number of phenolic OH excluding ortho intramolecular Hbond substituents is 1. The van der Waals surface area contributed by atoms with E-state index in [4.69, 9.17) is 11.6 Å². The van der Waals surface area contributed by atoms with Crippen molar-refractivity contribution in [3.05, 3.63) is 57.0 Å². The highest BCUT2D eigenvalue weighted by molar-refractivity contribution is 9.10. The Balaban J connectivity index is 2.30. The van der Waals surface area contributed by atoms with Crippen molar-refractivity contribution in [3.8, 4) is 5.75 Å². The molecule has 104 valence electrons. The van der Waals surface area contributed by atoms with Crippen molar-refractivity contribution in [3.63, 3.8) is 0 Å². The minimum absolute atomic E-state index is 0.0330. The lowest BCUT2D eigenvalue weighted by Gasteiger charge is -2.08. The Hall–Kier alpha value is -1.66.